The van der Waals surface area contributed by atoms with Crippen molar-refractivity contribution in [2.24, 2.45) is 0 Å². The number of aromatic nitrogens is 3. The van der Waals surface area contributed by atoms with Crippen molar-refractivity contribution in [1.82, 2.24) is 13.8 Å². The number of fused-ring (bicyclic) bond motifs is 5. The summed E-state index contributed by atoms with van der Waals surface area (Å²) in [7, 11) is 0. The summed E-state index contributed by atoms with van der Waals surface area (Å²) < 4.78 is 44.0. The Morgan fingerprint density at radius 1 is 1.00 bits per heavy atom. The van der Waals surface area contributed by atoms with Gasteiger partial charge < -0.3 is 8.80 Å². The maximum Gasteiger partial charge on any atom is 0.433 e. The Hall–Kier alpha value is -3.16. The molecule has 0 spiro atoms. The van der Waals surface area contributed by atoms with Gasteiger partial charge >= 0.3 is 6.18 Å². The molecule has 0 amide bonds. The number of alkyl halides is 3. The predicted molar refractivity (Wildman–Crippen MR) is 92.3 cm³/mol. The molecule has 0 bridgehead atoms. The van der Waals surface area contributed by atoms with Crippen LogP contribution < -0.4 is 10.9 Å². The molecule has 0 aromatic carbocycles. The highest BCUT2D eigenvalue weighted by molar-refractivity contribution is 5.79. The van der Waals surface area contributed by atoms with Gasteiger partial charge in [0.15, 0.2) is 0 Å². The van der Waals surface area contributed by atoms with E-state index in [0.29, 0.717) is 11.9 Å². The fourth-order valence-electron chi connectivity index (χ4n) is 4.04. The van der Waals surface area contributed by atoms with Gasteiger partial charge in [-0.1, -0.05) is 0 Å². The van der Waals surface area contributed by atoms with Crippen molar-refractivity contribution >= 4 is 11.0 Å². The van der Waals surface area contributed by atoms with E-state index in [9.17, 15) is 22.8 Å². The van der Waals surface area contributed by atoms with Gasteiger partial charge in [-0.25, -0.2) is 0 Å². The molecule has 3 aliphatic rings. The van der Waals surface area contributed by atoms with E-state index in [0.717, 1.165) is 52.2 Å². The molecule has 0 radical (unpaired) electrons. The second-order valence-corrected chi connectivity index (χ2v) is 6.69. The number of nitrogens with zero attached hydrogens (tertiary/aromatic N) is 3. The van der Waals surface area contributed by atoms with Crippen LogP contribution in [0.3, 0.4) is 0 Å². The van der Waals surface area contributed by atoms with Crippen molar-refractivity contribution in [1.29, 1.82) is 0 Å². The van der Waals surface area contributed by atoms with Crippen LogP contribution in [0.2, 0.25) is 0 Å². The van der Waals surface area contributed by atoms with E-state index in [-0.39, 0.29) is 11.4 Å². The van der Waals surface area contributed by atoms with Crippen molar-refractivity contribution < 1.29 is 13.2 Å². The largest absolute Gasteiger partial charge is 0.433 e. The first kappa shape index (κ1) is 16.0. The summed E-state index contributed by atoms with van der Waals surface area (Å²) in [5.74, 6) is 0. The summed E-state index contributed by atoms with van der Waals surface area (Å²) in [6.45, 7) is 0. The Morgan fingerprint density at radius 3 is 2.48 bits per heavy atom. The SMILES string of the molecule is O=c1cc2n3ccc4c3c(c3cncc(C(F)(F)F)n3c-2cc1=O)CCC4. The fraction of sp³-hybridized carbons (Fsp3) is 0.211. The maximum absolute atomic E-state index is 13.7. The second kappa shape index (κ2) is 5.18. The maximum atomic E-state index is 13.7. The molecule has 8 heteroatoms. The zero-order chi connectivity index (χ0) is 18.9. The average molecular weight is 371 g/mol. The standard InChI is InChI=1S/C19H12F3N3O2/c20-19(21,22)17-9-23-8-14-11-3-1-2-10-4-5-24(18(10)11)12-6-15(26)16(27)7-13(12)25(14)17/h4-9H,1-3H2. The lowest BCUT2D eigenvalue weighted by molar-refractivity contribution is -0.142. The van der Waals surface area contributed by atoms with Crippen LogP contribution in [-0.2, 0) is 19.0 Å². The molecule has 0 unspecified atom stereocenters. The first-order valence-corrected chi connectivity index (χ1v) is 8.43. The number of aryl methyl sites for hydroxylation is 2. The summed E-state index contributed by atoms with van der Waals surface area (Å²) in [5.41, 5.74) is 0.540. The monoisotopic (exact) mass is 371 g/mol. The highest BCUT2D eigenvalue weighted by atomic mass is 19.4. The van der Waals surface area contributed by atoms with Gasteiger partial charge in [0, 0.05) is 23.9 Å². The third-order valence-corrected chi connectivity index (χ3v) is 5.15. The summed E-state index contributed by atoms with van der Waals surface area (Å²) in [6, 6.07) is 4.01. The minimum Gasteiger partial charge on any atom is -0.314 e. The third kappa shape index (κ3) is 2.16. The zero-order valence-electron chi connectivity index (χ0n) is 13.9. The highest BCUT2D eigenvalue weighted by Gasteiger charge is 2.35. The summed E-state index contributed by atoms with van der Waals surface area (Å²) >= 11 is 0. The average Bonchev–Trinajstić information content (AvgIpc) is 3.02. The molecule has 0 atom stereocenters. The Balaban J connectivity index is 2.19. The van der Waals surface area contributed by atoms with Crippen LogP contribution in [0.1, 0.15) is 23.2 Å². The zero-order valence-corrected chi connectivity index (χ0v) is 13.9. The molecule has 0 fully saturated rings. The molecule has 0 saturated heterocycles. The van der Waals surface area contributed by atoms with Gasteiger partial charge in [0.2, 0.25) is 10.9 Å². The third-order valence-electron chi connectivity index (χ3n) is 5.15. The smallest absolute Gasteiger partial charge is 0.314 e. The molecule has 136 valence electrons. The summed E-state index contributed by atoms with van der Waals surface area (Å²) in [6.07, 6.45) is 1.40. The molecular weight excluding hydrogens is 359 g/mol. The number of halogens is 3. The second-order valence-electron chi connectivity index (χ2n) is 6.69. The Morgan fingerprint density at radius 2 is 1.74 bits per heavy atom. The molecule has 3 heterocycles. The number of hydrogen-bond acceptors (Lipinski definition) is 3. The van der Waals surface area contributed by atoms with Crippen molar-refractivity contribution in [3.8, 4) is 11.4 Å². The predicted octanol–water partition coefficient (Wildman–Crippen LogP) is 2.92. The van der Waals surface area contributed by atoms with Gasteiger partial charge in [-0.15, -0.1) is 0 Å². The van der Waals surface area contributed by atoms with Gasteiger partial charge in [-0.3, -0.25) is 14.6 Å². The minimum atomic E-state index is -4.67. The molecule has 5 nitrogen and oxygen atoms in total. The van der Waals surface area contributed by atoms with Crippen LogP contribution in [0.15, 0.2) is 46.4 Å². The quantitative estimate of drug-likeness (QED) is 0.447. The van der Waals surface area contributed by atoms with Crippen LogP contribution in [0.4, 0.5) is 13.2 Å². The molecule has 2 aromatic rings. The van der Waals surface area contributed by atoms with E-state index in [1.165, 1.54) is 6.20 Å². The summed E-state index contributed by atoms with van der Waals surface area (Å²) in [4.78, 5) is 27.8. The fourth-order valence-corrected chi connectivity index (χ4v) is 4.04. The van der Waals surface area contributed by atoms with E-state index < -0.39 is 22.7 Å². The van der Waals surface area contributed by atoms with E-state index in [1.807, 2.05) is 6.07 Å². The van der Waals surface area contributed by atoms with Gasteiger partial charge in [0.25, 0.3) is 0 Å². The topological polar surface area (TPSA) is 55.9 Å². The van der Waals surface area contributed by atoms with Gasteiger partial charge in [0.05, 0.1) is 34.8 Å². The van der Waals surface area contributed by atoms with Gasteiger partial charge in [-0.05, 0) is 30.9 Å². The number of benzene rings is 1. The van der Waals surface area contributed by atoms with Gasteiger partial charge in [0.1, 0.15) is 5.69 Å². The normalized spacial score (nSPS) is 14.3. The van der Waals surface area contributed by atoms with Crippen LogP contribution in [0.5, 0.6) is 0 Å². The molecule has 1 aliphatic heterocycles. The van der Waals surface area contributed by atoms with Crippen LogP contribution >= 0.6 is 0 Å². The van der Waals surface area contributed by atoms with Crippen molar-refractivity contribution in [3.63, 3.8) is 0 Å². The lowest BCUT2D eigenvalue weighted by Crippen LogP contribution is -2.24. The van der Waals surface area contributed by atoms with E-state index >= 15 is 0 Å². The lowest BCUT2D eigenvalue weighted by atomic mass is 9.96. The van der Waals surface area contributed by atoms with Crippen LogP contribution in [0, 0.1) is 0 Å². The van der Waals surface area contributed by atoms with Crippen LogP contribution in [-0.4, -0.2) is 13.8 Å². The molecule has 5 rings (SSSR count). The Kier molecular flexibility index (Phi) is 3.08. The molecular formula is C19H12F3N3O2. The Bertz CT molecular complexity index is 1330. The van der Waals surface area contributed by atoms with Gasteiger partial charge in [-0.2, -0.15) is 13.2 Å². The van der Waals surface area contributed by atoms with E-state index in [4.69, 9.17) is 0 Å². The first-order chi connectivity index (χ1) is 12.9. The van der Waals surface area contributed by atoms with E-state index in [2.05, 4.69) is 4.98 Å². The van der Waals surface area contributed by atoms with Crippen molar-refractivity contribution in [2.45, 2.75) is 25.4 Å². The Labute approximate surface area is 149 Å². The minimum absolute atomic E-state index is 0.0321. The lowest BCUT2D eigenvalue weighted by Gasteiger charge is -2.16. The molecule has 0 saturated carbocycles. The van der Waals surface area contributed by atoms with Crippen molar-refractivity contribution in [2.75, 3.05) is 0 Å². The van der Waals surface area contributed by atoms with Crippen molar-refractivity contribution in [3.05, 3.63) is 74.1 Å². The molecule has 0 N–H and O–H groups in total. The highest BCUT2D eigenvalue weighted by Crippen LogP contribution is 2.37. The first-order valence-electron chi connectivity index (χ1n) is 8.43. The summed E-state index contributed by atoms with van der Waals surface area (Å²) in [5, 5.41) is 0. The molecule has 27 heavy (non-hydrogen) atoms. The number of rotatable bonds is 0. The van der Waals surface area contributed by atoms with E-state index in [1.54, 1.807) is 10.6 Å². The molecule has 2 aliphatic carbocycles. The van der Waals surface area contributed by atoms with Crippen LogP contribution in [0.25, 0.3) is 22.4 Å². The number of hydrogen-bond donors (Lipinski definition) is 0. The molecule has 2 aromatic heterocycles.